The molecule has 1 unspecified atom stereocenters. The van der Waals surface area contributed by atoms with E-state index < -0.39 is 12.1 Å². The van der Waals surface area contributed by atoms with Gasteiger partial charge in [-0.25, -0.2) is 4.79 Å². The molecule has 1 N–H and O–H groups in total. The summed E-state index contributed by atoms with van der Waals surface area (Å²) in [6.07, 6.45) is 9.33. The zero-order valence-electron chi connectivity index (χ0n) is 16.6. The van der Waals surface area contributed by atoms with E-state index in [4.69, 9.17) is 16.3 Å². The summed E-state index contributed by atoms with van der Waals surface area (Å²) < 4.78 is 10.1. The third-order valence-corrected chi connectivity index (χ3v) is 5.08. The van der Waals surface area contributed by atoms with E-state index in [9.17, 15) is 14.7 Å². The Morgan fingerprint density at radius 2 is 2.10 bits per heavy atom. The molecule has 0 heterocycles. The molecule has 0 aliphatic heterocycles. The first kappa shape index (κ1) is 23.0. The fourth-order valence-corrected chi connectivity index (χ4v) is 3.33. The van der Waals surface area contributed by atoms with Gasteiger partial charge in [0.15, 0.2) is 6.10 Å². The van der Waals surface area contributed by atoms with Gasteiger partial charge in [-0.1, -0.05) is 23.8 Å². The number of esters is 1. The van der Waals surface area contributed by atoms with Crippen molar-refractivity contribution < 1.29 is 24.2 Å². The van der Waals surface area contributed by atoms with E-state index in [-0.39, 0.29) is 24.0 Å². The number of ether oxygens (including phenoxy) is 2. The zero-order valence-corrected chi connectivity index (χ0v) is 17.3. The molecule has 0 amide bonds. The summed E-state index contributed by atoms with van der Waals surface area (Å²) in [5.74, 6) is 0.557. The van der Waals surface area contributed by atoms with Crippen molar-refractivity contribution in [3.8, 4) is 5.75 Å². The summed E-state index contributed by atoms with van der Waals surface area (Å²) in [5, 5.41) is 10.2. The molecule has 0 spiro atoms. The Hall–Kier alpha value is -2.33. The van der Waals surface area contributed by atoms with Crippen molar-refractivity contribution in [1.29, 1.82) is 0 Å². The molecule has 3 atom stereocenters. The molecule has 0 aromatic heterocycles. The first-order valence-corrected chi connectivity index (χ1v) is 10.1. The average molecular weight is 419 g/mol. The molecule has 156 valence electrons. The molecular weight excluding hydrogens is 392 g/mol. The fourth-order valence-electron chi connectivity index (χ4n) is 3.21. The molecular formula is C23H27ClO5. The predicted octanol–water partition coefficient (Wildman–Crippen LogP) is 4.29. The van der Waals surface area contributed by atoms with E-state index in [2.05, 4.69) is 22.6 Å². The number of halogens is 1. The van der Waals surface area contributed by atoms with Crippen LogP contribution in [0.15, 0.2) is 54.3 Å². The molecule has 0 saturated heterocycles. The van der Waals surface area contributed by atoms with Gasteiger partial charge < -0.3 is 14.6 Å². The highest BCUT2D eigenvalue weighted by molar-refractivity contribution is 6.30. The second-order valence-electron chi connectivity index (χ2n) is 6.88. The van der Waals surface area contributed by atoms with E-state index in [1.54, 1.807) is 24.3 Å². The minimum Gasteiger partial charge on any atom is -0.493 e. The maximum absolute atomic E-state index is 12.2. The van der Waals surface area contributed by atoms with Gasteiger partial charge in [0.05, 0.1) is 13.7 Å². The number of carbonyl (C=O) groups excluding carboxylic acids is 2. The van der Waals surface area contributed by atoms with Crippen LogP contribution in [0.5, 0.6) is 5.75 Å². The average Bonchev–Trinajstić information content (AvgIpc) is 3.07. The Balaban J connectivity index is 1.75. The van der Waals surface area contributed by atoms with Gasteiger partial charge in [-0.15, -0.1) is 5.73 Å². The molecule has 29 heavy (non-hydrogen) atoms. The highest BCUT2D eigenvalue weighted by atomic mass is 35.5. The lowest BCUT2D eigenvalue weighted by Crippen LogP contribution is -2.20. The maximum Gasteiger partial charge on any atom is 0.335 e. The van der Waals surface area contributed by atoms with Crippen LogP contribution in [0.25, 0.3) is 0 Å². The van der Waals surface area contributed by atoms with Crippen LogP contribution in [-0.2, 0) is 14.3 Å². The summed E-state index contributed by atoms with van der Waals surface area (Å²) in [4.78, 5) is 23.3. The normalized spacial score (nSPS) is 19.6. The van der Waals surface area contributed by atoms with Gasteiger partial charge in [0.1, 0.15) is 11.5 Å². The summed E-state index contributed by atoms with van der Waals surface area (Å²) in [6.45, 7) is 0.564. The van der Waals surface area contributed by atoms with E-state index in [1.165, 1.54) is 7.11 Å². The van der Waals surface area contributed by atoms with Gasteiger partial charge in [0.25, 0.3) is 0 Å². The third-order valence-electron chi connectivity index (χ3n) is 4.83. The number of aliphatic hydroxyl groups is 1. The van der Waals surface area contributed by atoms with Crippen LogP contribution in [-0.4, -0.2) is 36.7 Å². The highest BCUT2D eigenvalue weighted by Gasteiger charge is 2.31. The Labute approximate surface area is 176 Å². The Bertz CT molecular complexity index is 762. The summed E-state index contributed by atoms with van der Waals surface area (Å²) in [7, 11) is 1.23. The molecule has 1 fully saturated rings. The number of carbonyl (C=O) groups is 2. The SMILES string of the molecule is COC(=O)C(O)CC=C=CC[C@H]1C(=O)CC[C@@H]1/C=C/CCOc1ccc(Cl)cc1. The summed E-state index contributed by atoms with van der Waals surface area (Å²) >= 11 is 5.85. The van der Waals surface area contributed by atoms with Crippen molar-refractivity contribution in [1.82, 2.24) is 0 Å². The number of methoxy groups -OCH3 is 1. The molecule has 1 aliphatic carbocycles. The molecule has 1 aromatic carbocycles. The molecule has 2 rings (SSSR count). The number of Topliss-reactive ketones (excluding diaryl/α,β-unsaturated/α-hetero) is 1. The third kappa shape index (κ3) is 7.90. The van der Waals surface area contributed by atoms with Crippen LogP contribution in [0, 0.1) is 11.8 Å². The van der Waals surface area contributed by atoms with Crippen LogP contribution in [0.4, 0.5) is 0 Å². The molecule has 1 aliphatic rings. The first-order valence-electron chi connectivity index (χ1n) is 9.74. The van der Waals surface area contributed by atoms with Crippen LogP contribution >= 0.6 is 11.6 Å². The maximum atomic E-state index is 12.2. The molecule has 0 bridgehead atoms. The molecule has 5 nitrogen and oxygen atoms in total. The molecule has 1 aromatic rings. The number of rotatable bonds is 10. The van der Waals surface area contributed by atoms with Gasteiger partial charge in [0.2, 0.25) is 0 Å². The lowest BCUT2D eigenvalue weighted by Gasteiger charge is -2.12. The van der Waals surface area contributed by atoms with Gasteiger partial charge in [0, 0.05) is 23.8 Å². The monoisotopic (exact) mass is 418 g/mol. The smallest absolute Gasteiger partial charge is 0.335 e. The van der Waals surface area contributed by atoms with Gasteiger partial charge >= 0.3 is 5.97 Å². The quantitative estimate of drug-likeness (QED) is 0.265. The van der Waals surface area contributed by atoms with E-state index in [0.29, 0.717) is 24.5 Å². The highest BCUT2D eigenvalue weighted by Crippen LogP contribution is 2.32. The number of hydrogen-bond acceptors (Lipinski definition) is 5. The Morgan fingerprint density at radius 3 is 2.83 bits per heavy atom. The largest absolute Gasteiger partial charge is 0.493 e. The van der Waals surface area contributed by atoms with E-state index >= 15 is 0 Å². The van der Waals surface area contributed by atoms with Crippen LogP contribution in [0.3, 0.4) is 0 Å². The van der Waals surface area contributed by atoms with Crippen molar-refractivity contribution >= 4 is 23.4 Å². The summed E-state index contributed by atoms with van der Waals surface area (Å²) in [6, 6.07) is 7.25. The molecule has 0 radical (unpaired) electrons. The standard InChI is InChI=1S/C23H27ClO5/c1-28-23(27)22(26)9-4-2-3-8-20-17(10-15-21(20)25)7-5-6-16-29-19-13-11-18(24)12-14-19/h3-5,7,11-14,17,20,22,26H,6,8-10,15-16H2,1H3/b7-5+/t2?,17-,20+,22?/m0/s1. The van der Waals surface area contributed by atoms with Crippen LogP contribution in [0.2, 0.25) is 5.02 Å². The number of aliphatic hydroxyl groups excluding tert-OH is 1. The Kier molecular flexibility index (Phi) is 9.72. The predicted molar refractivity (Wildman–Crippen MR) is 112 cm³/mol. The fraction of sp³-hybridized carbons (Fsp3) is 0.435. The lowest BCUT2D eigenvalue weighted by atomic mass is 9.91. The second kappa shape index (κ2) is 12.3. The van der Waals surface area contributed by atoms with Crippen LogP contribution < -0.4 is 4.74 Å². The number of hydrogen-bond donors (Lipinski definition) is 1. The molecule has 6 heteroatoms. The minimum atomic E-state index is -1.18. The molecule has 1 saturated carbocycles. The second-order valence-corrected chi connectivity index (χ2v) is 7.32. The first-order chi connectivity index (χ1) is 14.0. The Morgan fingerprint density at radius 1 is 1.34 bits per heavy atom. The zero-order chi connectivity index (χ0) is 21.1. The van der Waals surface area contributed by atoms with Crippen molar-refractivity contribution in [3.63, 3.8) is 0 Å². The van der Waals surface area contributed by atoms with E-state index in [0.717, 1.165) is 18.6 Å². The van der Waals surface area contributed by atoms with Gasteiger partial charge in [-0.2, -0.15) is 0 Å². The lowest BCUT2D eigenvalue weighted by molar-refractivity contribution is -0.150. The van der Waals surface area contributed by atoms with Crippen molar-refractivity contribution in [2.75, 3.05) is 13.7 Å². The van der Waals surface area contributed by atoms with Crippen molar-refractivity contribution in [2.24, 2.45) is 11.8 Å². The van der Waals surface area contributed by atoms with Crippen LogP contribution in [0.1, 0.15) is 32.1 Å². The van der Waals surface area contributed by atoms with Gasteiger partial charge in [-0.05, 0) is 61.6 Å². The number of allylic oxidation sites excluding steroid dienone is 1. The minimum absolute atomic E-state index is 0.0464. The van der Waals surface area contributed by atoms with Crippen molar-refractivity contribution in [2.45, 2.75) is 38.2 Å². The number of benzene rings is 1. The van der Waals surface area contributed by atoms with E-state index in [1.807, 2.05) is 12.1 Å². The van der Waals surface area contributed by atoms with Gasteiger partial charge in [-0.3, -0.25) is 4.79 Å². The van der Waals surface area contributed by atoms with Crippen molar-refractivity contribution in [3.05, 3.63) is 59.3 Å². The summed E-state index contributed by atoms with van der Waals surface area (Å²) in [5.41, 5.74) is 2.94. The topological polar surface area (TPSA) is 72.8 Å². The number of ketones is 1.